The summed E-state index contributed by atoms with van der Waals surface area (Å²) in [5.74, 6) is -0.583. The highest BCUT2D eigenvalue weighted by molar-refractivity contribution is 6.28. The molecule has 0 unspecified atom stereocenters. The van der Waals surface area contributed by atoms with Crippen LogP contribution in [0.15, 0.2) is 78.9 Å². The lowest BCUT2D eigenvalue weighted by Crippen LogP contribution is -2.43. The number of carbonyl (C=O) groups is 2. The molecule has 1 aliphatic rings. The maximum Gasteiger partial charge on any atom is 0.407 e. The van der Waals surface area contributed by atoms with Crippen LogP contribution in [0.5, 0.6) is 0 Å². The summed E-state index contributed by atoms with van der Waals surface area (Å²) in [5, 5.41) is 2.61. The molecule has 0 bridgehead atoms. The minimum Gasteiger partial charge on any atom is -0.449 e. The van der Waals surface area contributed by atoms with Crippen LogP contribution in [0.2, 0.25) is 0 Å². The van der Waals surface area contributed by atoms with Crippen molar-refractivity contribution in [1.82, 2.24) is 5.32 Å². The fraction of sp³-hybridized carbons (Fsp3) is 0.160. The maximum atomic E-state index is 12.5. The Morgan fingerprint density at radius 2 is 1.52 bits per heavy atom. The van der Waals surface area contributed by atoms with E-state index < -0.39 is 17.9 Å². The Balaban J connectivity index is 1.46. The molecule has 0 aliphatic heterocycles. The number of rotatable bonds is 7. The van der Waals surface area contributed by atoms with Crippen molar-refractivity contribution in [1.29, 1.82) is 0 Å². The fourth-order valence-electron chi connectivity index (χ4n) is 4.00. The van der Waals surface area contributed by atoms with Gasteiger partial charge in [0.15, 0.2) is 0 Å². The summed E-state index contributed by atoms with van der Waals surface area (Å²) in [7, 11) is 0. The topological polar surface area (TPSA) is 91.8 Å². The maximum absolute atomic E-state index is 12.5. The summed E-state index contributed by atoms with van der Waals surface area (Å²) in [6.45, 7) is 0.153. The van der Waals surface area contributed by atoms with E-state index in [1.54, 1.807) is 0 Å². The molecule has 0 heterocycles. The van der Waals surface area contributed by atoms with Crippen LogP contribution < -0.4 is 5.32 Å². The molecule has 0 radical (unpaired) electrons. The van der Waals surface area contributed by atoms with E-state index in [4.69, 9.17) is 10.3 Å². The number of carbonyl (C=O) groups excluding carboxylic acids is 2. The van der Waals surface area contributed by atoms with Gasteiger partial charge in [-0.15, -0.1) is 0 Å². The molecule has 0 saturated heterocycles. The van der Waals surface area contributed by atoms with Crippen molar-refractivity contribution in [3.63, 3.8) is 0 Å². The highest BCUT2D eigenvalue weighted by Gasteiger charge is 2.30. The second kappa shape index (κ2) is 9.20. The third kappa shape index (κ3) is 4.44. The number of nitrogens with zero attached hydrogens (tertiary/aromatic N) is 2. The lowest BCUT2D eigenvalue weighted by atomic mass is 9.98. The first kappa shape index (κ1) is 20.3. The van der Waals surface area contributed by atoms with Crippen LogP contribution in [0.4, 0.5) is 4.79 Å². The lowest BCUT2D eigenvalue weighted by molar-refractivity contribution is -0.117. The van der Waals surface area contributed by atoms with Gasteiger partial charge in [-0.25, -0.2) is 4.79 Å². The van der Waals surface area contributed by atoms with E-state index in [2.05, 4.69) is 22.2 Å². The summed E-state index contributed by atoms with van der Waals surface area (Å²) in [6.07, 6.45) is 0.357. The van der Waals surface area contributed by atoms with E-state index >= 15 is 0 Å². The number of amides is 1. The number of ether oxygens (including phenoxy) is 1. The first-order chi connectivity index (χ1) is 15.2. The van der Waals surface area contributed by atoms with E-state index in [0.717, 1.165) is 34.0 Å². The first-order valence-electron chi connectivity index (χ1n) is 10.0. The summed E-state index contributed by atoms with van der Waals surface area (Å²) < 4.78 is 5.53. The first-order valence-corrected chi connectivity index (χ1v) is 10.0. The molecule has 0 saturated carbocycles. The van der Waals surface area contributed by atoms with E-state index in [1.807, 2.05) is 66.7 Å². The highest BCUT2D eigenvalue weighted by atomic mass is 16.5. The average Bonchev–Trinajstić information content (AvgIpc) is 3.12. The van der Waals surface area contributed by atoms with E-state index in [9.17, 15) is 9.59 Å². The number of alkyl carbamates (subject to hydrolysis) is 1. The number of Topliss-reactive ketones (excluding diaryl/α,β-unsaturated/α-hetero) is 1. The molecule has 31 heavy (non-hydrogen) atoms. The number of benzene rings is 3. The van der Waals surface area contributed by atoms with E-state index in [-0.39, 0.29) is 18.9 Å². The van der Waals surface area contributed by atoms with Crippen LogP contribution in [0.25, 0.3) is 16.7 Å². The van der Waals surface area contributed by atoms with Gasteiger partial charge in [-0.2, -0.15) is 4.79 Å². The van der Waals surface area contributed by atoms with Gasteiger partial charge >= 0.3 is 12.3 Å². The molecule has 0 aromatic heterocycles. The van der Waals surface area contributed by atoms with Crippen molar-refractivity contribution < 1.29 is 19.1 Å². The molecule has 1 aliphatic carbocycles. The molecule has 3 aromatic carbocycles. The summed E-state index contributed by atoms with van der Waals surface area (Å²) in [6, 6.07) is 24.5. The number of nitrogens with one attached hydrogen (secondary N) is 1. The third-order valence-electron chi connectivity index (χ3n) is 5.45. The Bertz CT molecular complexity index is 1110. The number of ketones is 1. The van der Waals surface area contributed by atoms with Gasteiger partial charge in [0.2, 0.25) is 0 Å². The molecule has 0 fully saturated rings. The molecule has 1 atom stereocenters. The molecular formula is C25H21N3O3. The molecule has 0 spiro atoms. The molecular weight excluding hydrogens is 390 g/mol. The summed E-state index contributed by atoms with van der Waals surface area (Å²) in [4.78, 5) is 27.6. The highest BCUT2D eigenvalue weighted by Crippen LogP contribution is 2.44. The van der Waals surface area contributed by atoms with Gasteiger partial charge < -0.3 is 15.6 Å². The SMILES string of the molecule is [N-]=[N+]=CC(=O)[C@@H](Cc1ccccc1)NC(=O)OCC1c2ccccc2-c2ccccc21. The Morgan fingerprint density at radius 1 is 0.935 bits per heavy atom. The Morgan fingerprint density at radius 3 is 2.13 bits per heavy atom. The monoisotopic (exact) mass is 411 g/mol. The zero-order valence-electron chi connectivity index (χ0n) is 16.8. The molecule has 1 N–H and O–H groups in total. The van der Waals surface area contributed by atoms with Crippen LogP contribution in [0, 0.1) is 0 Å². The Labute approximate surface area is 180 Å². The molecule has 1 amide bonds. The average molecular weight is 411 g/mol. The molecule has 6 heteroatoms. The van der Waals surface area contributed by atoms with Crippen molar-refractivity contribution in [3.05, 3.63) is 101 Å². The standard InChI is InChI=1S/C25H21N3O3/c26-27-15-24(29)23(14-17-8-2-1-3-9-17)28-25(30)31-16-22-20-12-6-4-10-18(20)19-11-5-7-13-21(19)22/h1-13,15,22-23H,14,16H2,(H,28,30)/t23-/m1/s1. The molecule has 6 nitrogen and oxygen atoms in total. The number of hydrogen-bond donors (Lipinski definition) is 1. The minimum atomic E-state index is -0.894. The minimum absolute atomic E-state index is 0.0690. The van der Waals surface area contributed by atoms with Crippen molar-refractivity contribution in [2.45, 2.75) is 18.4 Å². The van der Waals surface area contributed by atoms with Gasteiger partial charge in [-0.1, -0.05) is 78.9 Å². The Hall–Kier alpha value is -4.02. The fourth-order valence-corrected chi connectivity index (χ4v) is 4.00. The van der Waals surface area contributed by atoms with Gasteiger partial charge in [0, 0.05) is 12.3 Å². The predicted molar refractivity (Wildman–Crippen MR) is 117 cm³/mol. The second-order valence-corrected chi connectivity index (χ2v) is 7.36. The largest absolute Gasteiger partial charge is 0.449 e. The van der Waals surface area contributed by atoms with Crippen molar-refractivity contribution in [2.24, 2.45) is 0 Å². The predicted octanol–water partition coefficient (Wildman–Crippen LogP) is 4.01. The number of hydrogen-bond acceptors (Lipinski definition) is 3. The molecule has 4 rings (SSSR count). The van der Waals surface area contributed by atoms with Gasteiger partial charge in [-0.3, -0.25) is 4.79 Å². The van der Waals surface area contributed by atoms with Crippen LogP contribution in [-0.4, -0.2) is 35.5 Å². The normalized spacial score (nSPS) is 12.8. The Kier molecular flexibility index (Phi) is 6.01. The second-order valence-electron chi connectivity index (χ2n) is 7.36. The summed E-state index contributed by atoms with van der Waals surface area (Å²) >= 11 is 0. The third-order valence-corrected chi connectivity index (χ3v) is 5.45. The van der Waals surface area contributed by atoms with Crippen LogP contribution >= 0.6 is 0 Å². The lowest BCUT2D eigenvalue weighted by Gasteiger charge is -2.17. The van der Waals surface area contributed by atoms with Crippen molar-refractivity contribution in [3.8, 4) is 11.1 Å². The van der Waals surface area contributed by atoms with E-state index in [0.29, 0.717) is 0 Å². The quantitative estimate of drug-likeness (QED) is 0.362. The summed E-state index contributed by atoms with van der Waals surface area (Å²) in [5.41, 5.74) is 14.1. The number of fused-ring (bicyclic) bond motifs is 3. The smallest absolute Gasteiger partial charge is 0.407 e. The molecule has 154 valence electrons. The van der Waals surface area contributed by atoms with Crippen molar-refractivity contribution in [2.75, 3.05) is 6.61 Å². The van der Waals surface area contributed by atoms with Crippen molar-refractivity contribution >= 4 is 18.1 Å². The zero-order valence-corrected chi connectivity index (χ0v) is 16.8. The zero-order chi connectivity index (χ0) is 21.6. The van der Waals surface area contributed by atoms with Gasteiger partial charge in [0.25, 0.3) is 5.78 Å². The van der Waals surface area contributed by atoms with Crippen LogP contribution in [0.3, 0.4) is 0 Å². The van der Waals surface area contributed by atoms with Gasteiger partial charge in [-0.05, 0) is 27.8 Å². The van der Waals surface area contributed by atoms with Gasteiger partial charge in [0.1, 0.15) is 12.6 Å². The van der Waals surface area contributed by atoms with Gasteiger partial charge in [0.05, 0.1) is 0 Å². The van der Waals surface area contributed by atoms with E-state index in [1.165, 1.54) is 0 Å². The molecule has 3 aromatic rings. The van der Waals surface area contributed by atoms with Crippen LogP contribution in [0.1, 0.15) is 22.6 Å². The van der Waals surface area contributed by atoms with Crippen LogP contribution in [-0.2, 0) is 16.0 Å².